The fraction of sp³-hybridized carbons (Fsp3) is 0.538. The summed E-state index contributed by atoms with van der Waals surface area (Å²) in [6.45, 7) is 5.67. The van der Waals surface area contributed by atoms with E-state index in [9.17, 15) is 9.46 Å². The third kappa shape index (κ3) is 3.69. The van der Waals surface area contributed by atoms with Gasteiger partial charge in [-0.2, -0.15) is 0 Å². The highest BCUT2D eigenvalue weighted by Gasteiger charge is 2.48. The molecule has 0 fully saturated rings. The van der Waals surface area contributed by atoms with Gasteiger partial charge >= 0.3 is 7.60 Å². The van der Waals surface area contributed by atoms with Crippen LogP contribution in [0.1, 0.15) is 33.6 Å². The van der Waals surface area contributed by atoms with Crippen molar-refractivity contribution in [1.29, 1.82) is 0 Å². The van der Waals surface area contributed by atoms with Gasteiger partial charge in [-0.1, -0.05) is 37.0 Å². The van der Waals surface area contributed by atoms with Gasteiger partial charge in [-0.3, -0.25) is 0 Å². The standard InChI is InChI=1S/C13H19Cl2O4P/c1-4-13(5-2,18-6-3)20(16,17)19-12-8-7-10(14)9-11(12)15/h7-9H,4-6H2,1-3H3,(H,16,17). The summed E-state index contributed by atoms with van der Waals surface area (Å²) in [6, 6.07) is 4.47. The van der Waals surface area contributed by atoms with Crippen LogP contribution in [0.25, 0.3) is 0 Å². The van der Waals surface area contributed by atoms with E-state index in [1.807, 2.05) is 0 Å². The summed E-state index contributed by atoms with van der Waals surface area (Å²) in [4.78, 5) is 10.3. The van der Waals surface area contributed by atoms with Crippen LogP contribution in [-0.4, -0.2) is 16.8 Å². The molecule has 0 saturated heterocycles. The molecule has 0 amide bonds. The van der Waals surface area contributed by atoms with Crippen molar-refractivity contribution in [1.82, 2.24) is 0 Å². The summed E-state index contributed by atoms with van der Waals surface area (Å²) in [5.41, 5.74) is 0. The predicted molar refractivity (Wildman–Crippen MR) is 81.9 cm³/mol. The van der Waals surface area contributed by atoms with Crippen LogP contribution in [0.4, 0.5) is 0 Å². The molecule has 0 radical (unpaired) electrons. The summed E-state index contributed by atoms with van der Waals surface area (Å²) < 4.78 is 23.4. The first-order chi connectivity index (χ1) is 9.31. The minimum atomic E-state index is -4.06. The molecule has 0 aliphatic heterocycles. The van der Waals surface area contributed by atoms with Crippen LogP contribution in [0, 0.1) is 0 Å². The maximum atomic E-state index is 12.6. The third-order valence-electron chi connectivity index (χ3n) is 3.15. The molecular weight excluding hydrogens is 322 g/mol. The van der Waals surface area contributed by atoms with Crippen molar-refractivity contribution >= 4 is 30.8 Å². The number of hydrogen-bond donors (Lipinski definition) is 1. The maximum Gasteiger partial charge on any atom is 0.408 e. The lowest BCUT2D eigenvalue weighted by Gasteiger charge is -2.34. The molecule has 4 nitrogen and oxygen atoms in total. The minimum Gasteiger partial charge on any atom is -0.421 e. The zero-order valence-corrected chi connectivity index (χ0v) is 14.1. The molecule has 0 aromatic heterocycles. The van der Waals surface area contributed by atoms with Crippen molar-refractivity contribution < 1.29 is 18.7 Å². The van der Waals surface area contributed by atoms with Crippen LogP contribution in [-0.2, 0) is 9.30 Å². The smallest absolute Gasteiger partial charge is 0.408 e. The first-order valence-corrected chi connectivity index (χ1v) is 8.76. The molecule has 0 aliphatic carbocycles. The Kier molecular flexibility index (Phi) is 6.36. The Morgan fingerprint density at radius 2 is 1.85 bits per heavy atom. The first-order valence-electron chi connectivity index (χ1n) is 6.43. The quantitative estimate of drug-likeness (QED) is 0.700. The lowest BCUT2D eigenvalue weighted by atomic mass is 10.2. The molecule has 1 rings (SSSR count). The second kappa shape index (κ2) is 7.15. The molecule has 0 aliphatic rings. The summed E-state index contributed by atoms with van der Waals surface area (Å²) in [5.74, 6) is 0.118. The van der Waals surface area contributed by atoms with Gasteiger partial charge in [0.25, 0.3) is 0 Å². The van der Waals surface area contributed by atoms with Gasteiger partial charge in [-0.05, 0) is 38.0 Å². The van der Waals surface area contributed by atoms with Gasteiger partial charge in [0.15, 0.2) is 5.34 Å². The van der Waals surface area contributed by atoms with E-state index in [0.717, 1.165) is 0 Å². The van der Waals surface area contributed by atoms with Gasteiger partial charge in [0.1, 0.15) is 5.75 Å². The molecule has 20 heavy (non-hydrogen) atoms. The van der Waals surface area contributed by atoms with Gasteiger partial charge in [0, 0.05) is 11.6 Å². The number of rotatable bonds is 7. The zero-order valence-electron chi connectivity index (χ0n) is 11.7. The first kappa shape index (κ1) is 17.8. The maximum absolute atomic E-state index is 12.6. The molecule has 1 N–H and O–H groups in total. The number of ether oxygens (including phenoxy) is 1. The molecule has 1 unspecified atom stereocenters. The molecule has 0 spiro atoms. The summed E-state index contributed by atoms with van der Waals surface area (Å²) in [5, 5.41) is -0.619. The van der Waals surface area contributed by atoms with E-state index in [-0.39, 0.29) is 10.8 Å². The second-order valence-corrected chi connectivity index (χ2v) is 7.15. The molecule has 1 aromatic carbocycles. The van der Waals surface area contributed by atoms with Crippen LogP contribution < -0.4 is 4.52 Å². The summed E-state index contributed by atoms with van der Waals surface area (Å²) in [7, 11) is -4.06. The number of hydrogen-bond acceptors (Lipinski definition) is 3. The van der Waals surface area contributed by atoms with Crippen molar-refractivity contribution in [2.24, 2.45) is 0 Å². The Labute approximate surface area is 129 Å². The van der Waals surface area contributed by atoms with Gasteiger partial charge in [0.05, 0.1) is 5.02 Å². The largest absolute Gasteiger partial charge is 0.421 e. The van der Waals surface area contributed by atoms with Gasteiger partial charge in [-0.15, -0.1) is 0 Å². The normalized spacial score (nSPS) is 14.9. The minimum absolute atomic E-state index is 0.118. The van der Waals surface area contributed by atoms with Gasteiger partial charge in [0.2, 0.25) is 0 Å². The average Bonchev–Trinajstić information content (AvgIpc) is 2.39. The summed E-state index contributed by atoms with van der Waals surface area (Å²) >= 11 is 11.8. The van der Waals surface area contributed by atoms with Crippen LogP contribution >= 0.6 is 30.8 Å². The highest BCUT2D eigenvalue weighted by Crippen LogP contribution is 2.59. The van der Waals surface area contributed by atoms with E-state index >= 15 is 0 Å². The van der Waals surface area contributed by atoms with Crippen LogP contribution in [0.15, 0.2) is 18.2 Å². The molecular formula is C13H19Cl2O4P. The molecule has 1 aromatic rings. The summed E-state index contributed by atoms with van der Waals surface area (Å²) in [6.07, 6.45) is 0.715. The zero-order chi connectivity index (χ0) is 15.4. The lowest BCUT2D eigenvalue weighted by molar-refractivity contribution is 0.00212. The SMILES string of the molecule is CCOC(CC)(CC)P(=O)(O)Oc1ccc(Cl)cc1Cl. The molecule has 0 bridgehead atoms. The molecule has 0 heterocycles. The van der Waals surface area contributed by atoms with E-state index in [4.69, 9.17) is 32.5 Å². The van der Waals surface area contributed by atoms with Crippen molar-refractivity contribution in [2.45, 2.75) is 39.0 Å². The van der Waals surface area contributed by atoms with Crippen molar-refractivity contribution in [2.75, 3.05) is 6.61 Å². The second-order valence-electron chi connectivity index (χ2n) is 4.27. The Morgan fingerprint density at radius 1 is 1.25 bits per heavy atom. The lowest BCUT2D eigenvalue weighted by Crippen LogP contribution is -2.33. The molecule has 0 saturated carbocycles. The van der Waals surface area contributed by atoms with Crippen molar-refractivity contribution in [3.63, 3.8) is 0 Å². The molecule has 7 heteroatoms. The number of halogens is 2. The van der Waals surface area contributed by atoms with E-state index < -0.39 is 12.9 Å². The fourth-order valence-electron chi connectivity index (χ4n) is 1.97. The van der Waals surface area contributed by atoms with E-state index in [2.05, 4.69) is 0 Å². The van der Waals surface area contributed by atoms with Gasteiger partial charge in [-0.25, -0.2) is 4.57 Å². The third-order valence-corrected chi connectivity index (χ3v) is 5.92. The fourth-order valence-corrected chi connectivity index (χ4v) is 4.15. The van der Waals surface area contributed by atoms with Crippen LogP contribution in [0.5, 0.6) is 5.75 Å². The number of benzene rings is 1. The highest BCUT2D eigenvalue weighted by molar-refractivity contribution is 7.54. The highest BCUT2D eigenvalue weighted by atomic mass is 35.5. The van der Waals surface area contributed by atoms with Crippen molar-refractivity contribution in [3.05, 3.63) is 28.2 Å². The molecule has 1 atom stereocenters. The monoisotopic (exact) mass is 340 g/mol. The van der Waals surface area contributed by atoms with Gasteiger partial charge < -0.3 is 14.2 Å². The Balaban J connectivity index is 3.11. The van der Waals surface area contributed by atoms with E-state index in [1.165, 1.54) is 12.1 Å². The van der Waals surface area contributed by atoms with Crippen molar-refractivity contribution in [3.8, 4) is 5.75 Å². The average molecular weight is 341 g/mol. The molecule has 114 valence electrons. The Morgan fingerprint density at radius 3 is 2.30 bits per heavy atom. The van der Waals surface area contributed by atoms with E-state index in [0.29, 0.717) is 24.5 Å². The Bertz CT molecular complexity index is 503. The van der Waals surface area contributed by atoms with E-state index in [1.54, 1.807) is 26.8 Å². The van der Waals surface area contributed by atoms with Crippen LogP contribution in [0.3, 0.4) is 0 Å². The predicted octanol–water partition coefficient (Wildman–Crippen LogP) is 5.11. The Hall–Kier alpha value is -0.250. The van der Waals surface area contributed by atoms with Crippen LogP contribution in [0.2, 0.25) is 10.0 Å². The topological polar surface area (TPSA) is 55.8 Å².